The van der Waals surface area contributed by atoms with Gasteiger partial charge in [0.25, 0.3) is 21.5 Å². The fraction of sp³-hybridized carbons (Fsp3) is 0.250. The van der Waals surface area contributed by atoms with Crippen LogP contribution in [0, 0.1) is 6.92 Å². The summed E-state index contributed by atoms with van der Waals surface area (Å²) in [4.78, 5) is 23.5. The summed E-state index contributed by atoms with van der Waals surface area (Å²) < 4.78 is 64.7. The summed E-state index contributed by atoms with van der Waals surface area (Å²) in [5.41, 5.74) is -0.372. The summed E-state index contributed by atoms with van der Waals surface area (Å²) >= 11 is 0. The van der Waals surface area contributed by atoms with E-state index in [0.717, 1.165) is 24.3 Å². The number of aromatic nitrogens is 1. The maximum atomic E-state index is 12.4. The molecular formula is C16H16F3N3O4S. The van der Waals surface area contributed by atoms with Gasteiger partial charge in [0.05, 0.1) is 4.90 Å². The average Bonchev–Trinajstić information content (AvgIpc) is 2.59. The molecule has 0 saturated carbocycles. The van der Waals surface area contributed by atoms with Crippen molar-refractivity contribution in [1.29, 1.82) is 0 Å². The number of alkyl halides is 3. The molecule has 0 bridgehead atoms. The highest BCUT2D eigenvalue weighted by Gasteiger charge is 2.28. The zero-order chi connectivity index (χ0) is 20.4. The van der Waals surface area contributed by atoms with E-state index in [2.05, 4.69) is 4.72 Å². The van der Waals surface area contributed by atoms with Crippen molar-refractivity contribution in [2.75, 3.05) is 11.3 Å². The fourth-order valence-electron chi connectivity index (χ4n) is 2.11. The van der Waals surface area contributed by atoms with Crippen LogP contribution < -0.4 is 15.6 Å². The number of amides is 1. The van der Waals surface area contributed by atoms with Crippen molar-refractivity contribution in [2.24, 2.45) is 7.05 Å². The highest BCUT2D eigenvalue weighted by Crippen LogP contribution is 2.17. The van der Waals surface area contributed by atoms with Gasteiger partial charge in [0.2, 0.25) is 0 Å². The van der Waals surface area contributed by atoms with Gasteiger partial charge in [0.1, 0.15) is 12.2 Å². The lowest BCUT2D eigenvalue weighted by molar-refractivity contribution is -0.123. The van der Waals surface area contributed by atoms with Crippen LogP contribution in [0.15, 0.2) is 46.2 Å². The first-order valence-corrected chi connectivity index (χ1v) is 9.03. The molecule has 7 nitrogen and oxygen atoms in total. The lowest BCUT2D eigenvalue weighted by Gasteiger charge is -2.12. The maximum absolute atomic E-state index is 12.4. The molecule has 0 atom stereocenters. The van der Waals surface area contributed by atoms with E-state index in [9.17, 15) is 31.2 Å². The maximum Gasteiger partial charge on any atom is 0.405 e. The Morgan fingerprint density at radius 3 is 2.30 bits per heavy atom. The van der Waals surface area contributed by atoms with E-state index >= 15 is 0 Å². The number of nitrogens with zero attached hydrogens (tertiary/aromatic N) is 1. The molecule has 1 aromatic carbocycles. The number of carbonyl (C=O) groups excluding carboxylic acids is 1. The summed E-state index contributed by atoms with van der Waals surface area (Å²) in [5.74, 6) is -0.989. The number of sulfonamides is 1. The molecule has 0 fully saturated rings. The Morgan fingerprint density at radius 2 is 1.74 bits per heavy atom. The molecule has 146 valence electrons. The average molecular weight is 403 g/mol. The molecule has 0 spiro atoms. The van der Waals surface area contributed by atoms with Gasteiger partial charge in [-0.15, -0.1) is 0 Å². The Balaban J connectivity index is 2.22. The van der Waals surface area contributed by atoms with Crippen LogP contribution in [0.25, 0.3) is 0 Å². The first-order valence-electron chi connectivity index (χ1n) is 7.55. The number of carbonyl (C=O) groups is 1. The van der Waals surface area contributed by atoms with Crippen molar-refractivity contribution < 1.29 is 26.4 Å². The lowest BCUT2D eigenvalue weighted by Crippen LogP contribution is -2.33. The summed E-state index contributed by atoms with van der Waals surface area (Å²) in [6.45, 7) is 0.0668. The molecule has 2 N–H and O–H groups in total. The molecule has 2 rings (SSSR count). The van der Waals surface area contributed by atoms with E-state index in [1.165, 1.54) is 17.8 Å². The second-order valence-electron chi connectivity index (χ2n) is 5.72. The van der Waals surface area contributed by atoms with E-state index in [-0.39, 0.29) is 16.1 Å². The van der Waals surface area contributed by atoms with Crippen molar-refractivity contribution >= 4 is 21.6 Å². The monoisotopic (exact) mass is 403 g/mol. The molecule has 2 aromatic rings. The summed E-state index contributed by atoms with van der Waals surface area (Å²) in [7, 11) is -2.66. The molecule has 0 saturated heterocycles. The first-order chi connectivity index (χ1) is 12.4. The highest BCUT2D eigenvalue weighted by molar-refractivity contribution is 7.92. The molecule has 1 heterocycles. The number of aryl methyl sites for hydroxylation is 2. The second-order valence-corrected chi connectivity index (χ2v) is 7.40. The number of benzene rings is 1. The first kappa shape index (κ1) is 20.5. The minimum absolute atomic E-state index is 0.119. The Hall–Kier alpha value is -2.82. The zero-order valence-electron chi connectivity index (χ0n) is 14.3. The summed E-state index contributed by atoms with van der Waals surface area (Å²) in [6.07, 6.45) is -3.06. The van der Waals surface area contributed by atoms with Crippen LogP contribution >= 0.6 is 0 Å². The number of anilines is 1. The van der Waals surface area contributed by atoms with E-state index < -0.39 is 34.2 Å². The normalized spacial score (nSPS) is 11.9. The number of rotatable bonds is 5. The Morgan fingerprint density at radius 1 is 1.15 bits per heavy atom. The third kappa shape index (κ3) is 5.09. The van der Waals surface area contributed by atoms with E-state index in [1.807, 2.05) is 0 Å². The SMILES string of the molecule is Cc1ccn(C)c(=O)c1NS(=O)(=O)c1ccc(C(=O)NCC(F)(F)F)cc1. The largest absolute Gasteiger partial charge is 0.405 e. The van der Waals surface area contributed by atoms with Gasteiger partial charge < -0.3 is 9.88 Å². The van der Waals surface area contributed by atoms with Crippen molar-refractivity contribution in [3.8, 4) is 0 Å². The molecule has 0 radical (unpaired) electrons. The Labute approximate surface area is 152 Å². The van der Waals surface area contributed by atoms with Gasteiger partial charge >= 0.3 is 6.18 Å². The van der Waals surface area contributed by atoms with Crippen molar-refractivity contribution in [3.63, 3.8) is 0 Å². The van der Waals surface area contributed by atoms with Gasteiger partial charge in [-0.3, -0.25) is 14.3 Å². The quantitative estimate of drug-likeness (QED) is 0.795. The molecule has 11 heteroatoms. The van der Waals surface area contributed by atoms with E-state index in [1.54, 1.807) is 18.3 Å². The van der Waals surface area contributed by atoms with E-state index in [4.69, 9.17) is 0 Å². The number of hydrogen-bond acceptors (Lipinski definition) is 4. The highest BCUT2D eigenvalue weighted by atomic mass is 32.2. The molecule has 0 unspecified atom stereocenters. The number of pyridine rings is 1. The van der Waals surface area contributed by atoms with Gasteiger partial charge in [-0.2, -0.15) is 13.2 Å². The Kier molecular flexibility index (Phi) is 5.64. The van der Waals surface area contributed by atoms with Gasteiger partial charge in [-0.25, -0.2) is 8.42 Å². The lowest BCUT2D eigenvalue weighted by atomic mass is 10.2. The van der Waals surface area contributed by atoms with Gasteiger partial charge in [-0.1, -0.05) is 0 Å². The van der Waals surface area contributed by atoms with Crippen LogP contribution in [0.5, 0.6) is 0 Å². The van der Waals surface area contributed by atoms with Crippen LogP contribution in [-0.4, -0.2) is 31.6 Å². The third-order valence-corrected chi connectivity index (χ3v) is 4.95. The smallest absolute Gasteiger partial charge is 0.343 e. The zero-order valence-corrected chi connectivity index (χ0v) is 15.1. The third-order valence-electron chi connectivity index (χ3n) is 3.59. The van der Waals surface area contributed by atoms with Gasteiger partial charge in [0, 0.05) is 18.8 Å². The predicted octanol–water partition coefficient (Wildman–Crippen LogP) is 1.79. The molecule has 1 amide bonds. The van der Waals surface area contributed by atoms with E-state index in [0.29, 0.717) is 5.56 Å². The van der Waals surface area contributed by atoms with Crippen molar-refractivity contribution in [2.45, 2.75) is 18.0 Å². The van der Waals surface area contributed by atoms with Gasteiger partial charge in [0.15, 0.2) is 0 Å². The molecule has 1 aromatic heterocycles. The minimum Gasteiger partial charge on any atom is -0.343 e. The molecule has 27 heavy (non-hydrogen) atoms. The number of hydrogen-bond donors (Lipinski definition) is 2. The molecule has 0 aliphatic carbocycles. The fourth-order valence-corrected chi connectivity index (χ4v) is 3.23. The van der Waals surface area contributed by atoms with Crippen LogP contribution in [0.1, 0.15) is 15.9 Å². The van der Waals surface area contributed by atoms with Crippen molar-refractivity contribution in [3.05, 3.63) is 58.0 Å². The van der Waals surface area contributed by atoms with Crippen LogP contribution in [0.4, 0.5) is 18.9 Å². The van der Waals surface area contributed by atoms with Crippen LogP contribution in [0.3, 0.4) is 0 Å². The topological polar surface area (TPSA) is 97.3 Å². The predicted molar refractivity (Wildman–Crippen MR) is 92.1 cm³/mol. The second kappa shape index (κ2) is 7.43. The summed E-state index contributed by atoms with van der Waals surface area (Å²) in [5, 5.41) is 1.69. The number of nitrogens with one attached hydrogen (secondary N) is 2. The minimum atomic E-state index is -4.55. The number of halogens is 3. The van der Waals surface area contributed by atoms with Gasteiger partial charge in [-0.05, 0) is 42.8 Å². The standard InChI is InChI=1S/C16H16F3N3O4S/c1-10-7-8-22(2)15(24)13(10)21-27(25,26)12-5-3-11(4-6-12)14(23)20-9-16(17,18)19/h3-8,21H,9H2,1-2H3,(H,20,23). The van der Waals surface area contributed by atoms with Crippen molar-refractivity contribution in [1.82, 2.24) is 9.88 Å². The Bertz CT molecular complexity index is 1010. The van der Waals surface area contributed by atoms with Crippen LogP contribution in [0.2, 0.25) is 0 Å². The summed E-state index contributed by atoms with van der Waals surface area (Å²) in [6, 6.07) is 5.85. The molecular weight excluding hydrogens is 387 g/mol. The molecule has 0 aliphatic heterocycles. The van der Waals surface area contributed by atoms with Crippen LogP contribution in [-0.2, 0) is 17.1 Å². The molecule has 0 aliphatic rings.